The van der Waals surface area contributed by atoms with Crippen molar-refractivity contribution in [3.8, 4) is 5.75 Å². The minimum atomic E-state index is -4.48. The van der Waals surface area contributed by atoms with E-state index in [9.17, 15) is 37.1 Å². The molecule has 7 rings (SSSR count). The Morgan fingerprint density at radius 2 is 1.03 bits per heavy atom. The lowest BCUT2D eigenvalue weighted by Gasteiger charge is -2.45. The van der Waals surface area contributed by atoms with Crippen LogP contribution in [0.15, 0.2) is 158 Å². The van der Waals surface area contributed by atoms with Gasteiger partial charge >= 0.3 is 36.0 Å². The van der Waals surface area contributed by atoms with Gasteiger partial charge in [-0.05, 0) is 84.3 Å². The van der Waals surface area contributed by atoms with Crippen LogP contribution in [0.3, 0.4) is 0 Å². The number of ether oxygens (including phenoxy) is 7. The number of esters is 5. The van der Waals surface area contributed by atoms with E-state index in [1.807, 2.05) is 0 Å². The lowest BCUT2D eigenvalue weighted by Crippen LogP contribution is -2.65. The van der Waals surface area contributed by atoms with Gasteiger partial charge in [0.15, 0.2) is 12.2 Å². The van der Waals surface area contributed by atoms with Crippen LogP contribution in [-0.2, 0) is 52.7 Å². The molecule has 0 bridgehead atoms. The average Bonchev–Trinajstić information content (AvgIpc) is 3.34. The van der Waals surface area contributed by atoms with Gasteiger partial charge in [-0.2, -0.15) is 13.2 Å². The van der Waals surface area contributed by atoms with Crippen molar-refractivity contribution in [2.75, 3.05) is 0 Å². The molecule has 0 unspecified atom stereocenters. The lowest BCUT2D eigenvalue weighted by atomic mass is 9.94. The van der Waals surface area contributed by atoms with Crippen molar-refractivity contribution in [1.82, 2.24) is 0 Å². The summed E-state index contributed by atoms with van der Waals surface area (Å²) in [5.41, 5.74) is 0.497. The molecule has 0 amide bonds. The van der Waals surface area contributed by atoms with Crippen LogP contribution in [0.4, 0.5) is 17.6 Å². The van der Waals surface area contributed by atoms with Crippen molar-refractivity contribution in [1.29, 1.82) is 0 Å². The molecule has 356 valence electrons. The molecule has 0 radical (unpaired) electrons. The molecule has 6 aromatic rings. The second kappa shape index (κ2) is 22.3. The maximum absolute atomic E-state index is 16.5. The topological polar surface area (TPSA) is 150 Å². The molecule has 16 heteroatoms. The average molecular weight is 949 g/mol. The highest BCUT2D eigenvalue weighted by atomic mass is 19.4. The maximum Gasteiger partial charge on any atom is 0.393 e. The summed E-state index contributed by atoms with van der Waals surface area (Å²) >= 11 is 0. The zero-order chi connectivity index (χ0) is 49.1. The van der Waals surface area contributed by atoms with E-state index in [1.165, 1.54) is 85.8 Å². The van der Waals surface area contributed by atoms with Crippen LogP contribution in [0.2, 0.25) is 0 Å². The fraction of sp³-hybridized carbons (Fsp3) is 0.226. The van der Waals surface area contributed by atoms with Gasteiger partial charge < -0.3 is 33.2 Å². The number of carbonyl (C=O) groups excluding carboxylic acids is 5. The quantitative estimate of drug-likeness (QED) is 0.0517. The fourth-order valence-electron chi connectivity index (χ4n) is 7.42. The summed E-state index contributed by atoms with van der Waals surface area (Å²) < 4.78 is 98.9. The summed E-state index contributed by atoms with van der Waals surface area (Å²) in [4.78, 5) is 67.8. The van der Waals surface area contributed by atoms with Crippen LogP contribution >= 0.6 is 0 Å². The number of benzene rings is 6. The number of carbonyl (C=O) groups is 5. The van der Waals surface area contributed by atoms with Crippen LogP contribution in [0.1, 0.15) is 77.5 Å². The third-order valence-corrected chi connectivity index (χ3v) is 10.8. The van der Waals surface area contributed by atoms with Gasteiger partial charge in [-0.15, -0.1) is 0 Å². The lowest BCUT2D eigenvalue weighted by molar-refractivity contribution is -0.284. The first-order valence-corrected chi connectivity index (χ1v) is 21.6. The maximum atomic E-state index is 16.5. The third kappa shape index (κ3) is 13.2. The van der Waals surface area contributed by atoms with Gasteiger partial charge in [0.1, 0.15) is 30.4 Å². The van der Waals surface area contributed by atoms with E-state index >= 15 is 4.39 Å². The molecular formula is C53H44F4O12. The Hall–Kier alpha value is -7.85. The van der Waals surface area contributed by atoms with Crippen molar-refractivity contribution >= 4 is 29.8 Å². The summed E-state index contributed by atoms with van der Waals surface area (Å²) in [5, 5.41) is 0. The van der Waals surface area contributed by atoms with Crippen LogP contribution in [0.25, 0.3) is 0 Å². The molecule has 12 nitrogen and oxygen atoms in total. The molecule has 0 aliphatic carbocycles. The number of alkyl halides is 3. The predicted octanol–water partition coefficient (Wildman–Crippen LogP) is 9.61. The largest absolute Gasteiger partial charge is 0.461 e. The van der Waals surface area contributed by atoms with Crippen LogP contribution < -0.4 is 4.74 Å². The molecule has 6 aromatic carbocycles. The smallest absolute Gasteiger partial charge is 0.393 e. The van der Waals surface area contributed by atoms with E-state index in [0.29, 0.717) is 5.56 Å². The fourth-order valence-corrected chi connectivity index (χ4v) is 7.42. The number of rotatable bonds is 16. The molecule has 1 saturated heterocycles. The molecule has 0 saturated carbocycles. The van der Waals surface area contributed by atoms with Crippen LogP contribution in [-0.4, -0.2) is 72.8 Å². The molecule has 0 spiro atoms. The van der Waals surface area contributed by atoms with Gasteiger partial charge in [-0.25, -0.2) is 23.6 Å². The SMILES string of the molecule is CC(=O)OCc1cc(F)c(Cc2ccc(CC(F)(F)F)cc2)c(O[C@@H]2O[C@H]([C@@H](C)OC(=O)c3ccccc3)[C@@H](OC(=O)c3ccccc3)[C@H](OC(=O)c3ccccc3)[C@H]2OC(=O)c2ccccc2)c1. The standard InChI is InChI=1S/C53H44F4O12/c1-32(64-48(59)37-15-7-3-8-16-37)44-45(66-49(60)38-17-9-4-10-18-38)46(67-50(61)39-19-11-5-12-20-39)47(68-51(62)40-21-13-6-14-22-40)52(69-44)65-43-29-36(31-63-33(2)58)28-42(54)41(43)27-34-23-25-35(26-24-34)30-53(55,56)57/h3-26,28-29,32,44-47,52H,27,30-31H2,1-2H3/t32-,44-,45-,46+,47-,52-/m1/s1. The van der Waals surface area contributed by atoms with E-state index in [1.54, 1.807) is 72.8 Å². The van der Waals surface area contributed by atoms with Crippen molar-refractivity contribution in [2.45, 2.75) is 76.3 Å². The minimum absolute atomic E-state index is 0.0265. The van der Waals surface area contributed by atoms with Crippen molar-refractivity contribution in [3.63, 3.8) is 0 Å². The molecule has 1 aliphatic rings. The molecule has 0 aromatic heterocycles. The summed E-state index contributed by atoms with van der Waals surface area (Å²) in [6, 6.07) is 38.8. The highest BCUT2D eigenvalue weighted by molar-refractivity contribution is 5.91. The van der Waals surface area contributed by atoms with E-state index in [4.69, 9.17) is 33.2 Å². The van der Waals surface area contributed by atoms with E-state index < -0.39 is 91.7 Å². The predicted molar refractivity (Wildman–Crippen MR) is 238 cm³/mol. The van der Waals surface area contributed by atoms with Crippen LogP contribution in [0, 0.1) is 5.82 Å². The summed E-state index contributed by atoms with van der Waals surface area (Å²) in [6.07, 6.45) is -16.3. The third-order valence-electron chi connectivity index (χ3n) is 10.8. The van der Waals surface area contributed by atoms with Gasteiger partial charge in [-0.1, -0.05) is 97.1 Å². The van der Waals surface area contributed by atoms with E-state index in [2.05, 4.69) is 0 Å². The first kappa shape index (κ1) is 49.1. The molecule has 6 atom stereocenters. The normalized spacial score (nSPS) is 18.2. The number of halogens is 4. The Kier molecular flexibility index (Phi) is 15.9. The van der Waals surface area contributed by atoms with Gasteiger partial charge in [0.25, 0.3) is 0 Å². The van der Waals surface area contributed by atoms with Crippen LogP contribution in [0.5, 0.6) is 5.75 Å². The number of hydrogen-bond donors (Lipinski definition) is 0. The van der Waals surface area contributed by atoms with E-state index in [-0.39, 0.29) is 51.1 Å². The van der Waals surface area contributed by atoms with Gasteiger partial charge in [0.05, 0.1) is 28.7 Å². The Balaban J connectivity index is 1.37. The molecule has 0 N–H and O–H groups in total. The monoisotopic (exact) mass is 948 g/mol. The first-order valence-electron chi connectivity index (χ1n) is 21.6. The zero-order valence-electron chi connectivity index (χ0n) is 37.0. The molecule has 1 aliphatic heterocycles. The van der Waals surface area contributed by atoms with Crippen molar-refractivity contribution < 1.29 is 74.7 Å². The second-order valence-corrected chi connectivity index (χ2v) is 15.9. The number of hydrogen-bond acceptors (Lipinski definition) is 12. The Labute approximate surface area is 393 Å². The molecule has 1 fully saturated rings. The Morgan fingerprint density at radius 3 is 1.51 bits per heavy atom. The highest BCUT2D eigenvalue weighted by Crippen LogP contribution is 2.37. The zero-order valence-corrected chi connectivity index (χ0v) is 37.0. The van der Waals surface area contributed by atoms with E-state index in [0.717, 1.165) is 13.0 Å². The first-order chi connectivity index (χ1) is 33.1. The summed E-state index contributed by atoms with van der Waals surface area (Å²) in [7, 11) is 0. The second-order valence-electron chi connectivity index (χ2n) is 15.9. The van der Waals surface area contributed by atoms with Gasteiger partial charge in [-0.3, -0.25) is 4.79 Å². The molecule has 69 heavy (non-hydrogen) atoms. The summed E-state index contributed by atoms with van der Waals surface area (Å²) in [5.74, 6) is -5.59. The van der Waals surface area contributed by atoms with Gasteiger partial charge in [0, 0.05) is 18.9 Å². The Bertz CT molecular complexity index is 2720. The minimum Gasteiger partial charge on any atom is -0.461 e. The highest BCUT2D eigenvalue weighted by Gasteiger charge is 2.56. The molecule has 1 heterocycles. The van der Waals surface area contributed by atoms with Gasteiger partial charge in [0.2, 0.25) is 12.4 Å². The van der Waals surface area contributed by atoms with Crippen molar-refractivity contribution in [2.24, 2.45) is 0 Å². The molecular weight excluding hydrogens is 905 g/mol. The van der Waals surface area contributed by atoms with Crippen molar-refractivity contribution in [3.05, 3.63) is 208 Å². The Morgan fingerprint density at radius 1 is 0.580 bits per heavy atom. The summed E-state index contributed by atoms with van der Waals surface area (Å²) in [6.45, 7) is 2.14.